The maximum Gasteiger partial charge on any atom is 0.269 e. The lowest BCUT2D eigenvalue weighted by Crippen LogP contribution is -2.25. The molecular weight excluding hydrogens is 254 g/mol. The summed E-state index contributed by atoms with van der Waals surface area (Å²) in [5.74, 6) is 0.188. The van der Waals surface area contributed by atoms with Crippen molar-refractivity contribution in [1.29, 1.82) is 0 Å². The lowest BCUT2D eigenvalue weighted by Gasteiger charge is -2.05. The van der Waals surface area contributed by atoms with Crippen molar-refractivity contribution in [2.45, 2.75) is 40.2 Å². The first-order chi connectivity index (χ1) is 9.40. The fourth-order valence-corrected chi connectivity index (χ4v) is 2.08. The fraction of sp³-hybridized carbons (Fsp3) is 0.500. The quantitative estimate of drug-likeness (QED) is 0.893. The number of nitrogens with zero attached hydrogens (tertiary/aromatic N) is 3. The maximum absolute atomic E-state index is 12.2. The van der Waals surface area contributed by atoms with Crippen LogP contribution in [0.3, 0.4) is 0 Å². The van der Waals surface area contributed by atoms with Gasteiger partial charge in [0.05, 0.1) is 11.4 Å². The number of aryl methyl sites for hydroxylation is 3. The van der Waals surface area contributed by atoms with Gasteiger partial charge in [0, 0.05) is 24.8 Å². The molecule has 0 aromatic carbocycles. The van der Waals surface area contributed by atoms with Crippen molar-refractivity contribution in [2.75, 3.05) is 0 Å². The van der Waals surface area contributed by atoms with Crippen LogP contribution in [0.4, 0.5) is 0 Å². The van der Waals surface area contributed by atoms with Crippen molar-refractivity contribution >= 4 is 5.91 Å². The molecular formula is C14H21N5O. The molecule has 0 aliphatic heterocycles. The van der Waals surface area contributed by atoms with Crippen LogP contribution in [-0.2, 0) is 13.6 Å². The number of hydrogen-bond acceptors (Lipinski definition) is 3. The lowest BCUT2D eigenvalue weighted by atomic mass is 10.1. The molecule has 0 unspecified atom stereocenters. The van der Waals surface area contributed by atoms with Crippen molar-refractivity contribution in [1.82, 2.24) is 25.3 Å². The average Bonchev–Trinajstić information content (AvgIpc) is 2.91. The van der Waals surface area contributed by atoms with Gasteiger partial charge in [-0.15, -0.1) is 0 Å². The zero-order chi connectivity index (χ0) is 14.9. The van der Waals surface area contributed by atoms with Crippen LogP contribution in [0.15, 0.2) is 6.07 Å². The van der Waals surface area contributed by atoms with Crippen molar-refractivity contribution in [3.63, 3.8) is 0 Å². The minimum atomic E-state index is -0.119. The zero-order valence-corrected chi connectivity index (χ0v) is 12.6. The van der Waals surface area contributed by atoms with Gasteiger partial charge >= 0.3 is 0 Å². The Morgan fingerprint density at radius 1 is 1.45 bits per heavy atom. The smallest absolute Gasteiger partial charge is 0.269 e. The summed E-state index contributed by atoms with van der Waals surface area (Å²) >= 11 is 0. The molecule has 0 bridgehead atoms. The van der Waals surface area contributed by atoms with E-state index in [9.17, 15) is 4.79 Å². The summed E-state index contributed by atoms with van der Waals surface area (Å²) in [6, 6.07) is 1.84. The largest absolute Gasteiger partial charge is 0.346 e. The predicted molar refractivity (Wildman–Crippen MR) is 76.5 cm³/mol. The Kier molecular flexibility index (Phi) is 3.92. The maximum atomic E-state index is 12.2. The number of carbonyl (C=O) groups is 1. The van der Waals surface area contributed by atoms with Gasteiger partial charge in [0.2, 0.25) is 0 Å². The van der Waals surface area contributed by atoms with Gasteiger partial charge in [-0.05, 0) is 25.8 Å². The first-order valence-electron chi connectivity index (χ1n) is 6.72. The first-order valence-corrected chi connectivity index (χ1v) is 6.72. The highest BCUT2D eigenvalue weighted by molar-refractivity contribution is 5.92. The molecule has 0 aliphatic rings. The summed E-state index contributed by atoms with van der Waals surface area (Å²) in [6.07, 6.45) is 0. The molecule has 1 amide bonds. The zero-order valence-electron chi connectivity index (χ0n) is 12.6. The van der Waals surface area contributed by atoms with Crippen LogP contribution < -0.4 is 5.32 Å². The summed E-state index contributed by atoms with van der Waals surface area (Å²) in [5.41, 5.74) is 4.43. The van der Waals surface area contributed by atoms with Gasteiger partial charge in [-0.3, -0.25) is 14.6 Å². The first kappa shape index (κ1) is 14.3. The third-order valence-corrected chi connectivity index (χ3v) is 3.43. The number of amides is 1. The summed E-state index contributed by atoms with van der Waals surface area (Å²) in [6.45, 7) is 8.45. The minimum Gasteiger partial charge on any atom is -0.346 e. The SMILES string of the molecule is Cc1n[nH]c(C)c1CNC(=O)c1cc(C(C)C)nn1C. The third kappa shape index (κ3) is 2.74. The van der Waals surface area contributed by atoms with E-state index in [4.69, 9.17) is 0 Å². The van der Waals surface area contributed by atoms with Gasteiger partial charge < -0.3 is 5.32 Å². The van der Waals surface area contributed by atoms with Crippen LogP contribution >= 0.6 is 0 Å². The Morgan fingerprint density at radius 2 is 2.15 bits per heavy atom. The molecule has 0 atom stereocenters. The minimum absolute atomic E-state index is 0.119. The normalized spacial score (nSPS) is 11.1. The molecule has 2 aromatic rings. The van der Waals surface area contributed by atoms with Crippen molar-refractivity contribution in [3.05, 3.63) is 34.4 Å². The molecule has 2 aromatic heterocycles. The van der Waals surface area contributed by atoms with Gasteiger partial charge in [0.25, 0.3) is 5.91 Å². The van der Waals surface area contributed by atoms with Crippen LogP contribution in [0.25, 0.3) is 0 Å². The molecule has 6 heteroatoms. The summed E-state index contributed by atoms with van der Waals surface area (Å²) < 4.78 is 1.62. The molecule has 0 saturated heterocycles. The van der Waals surface area contributed by atoms with Crippen LogP contribution in [0.2, 0.25) is 0 Å². The number of nitrogens with one attached hydrogen (secondary N) is 2. The highest BCUT2D eigenvalue weighted by Gasteiger charge is 2.15. The highest BCUT2D eigenvalue weighted by Crippen LogP contribution is 2.14. The molecule has 0 spiro atoms. The molecule has 20 heavy (non-hydrogen) atoms. The molecule has 6 nitrogen and oxygen atoms in total. The predicted octanol–water partition coefficient (Wildman–Crippen LogP) is 1.81. The van der Waals surface area contributed by atoms with Crippen LogP contribution in [0, 0.1) is 13.8 Å². The Labute approximate surface area is 118 Å². The fourth-order valence-electron chi connectivity index (χ4n) is 2.08. The molecule has 0 aliphatic carbocycles. The number of carbonyl (C=O) groups excluding carboxylic acids is 1. The summed E-state index contributed by atoms with van der Waals surface area (Å²) in [5, 5.41) is 14.3. The topological polar surface area (TPSA) is 75.6 Å². The number of H-pyrrole nitrogens is 1. The summed E-state index contributed by atoms with van der Waals surface area (Å²) in [4.78, 5) is 12.2. The molecule has 108 valence electrons. The van der Waals surface area contributed by atoms with Crippen LogP contribution in [0.1, 0.15) is 52.9 Å². The van der Waals surface area contributed by atoms with Gasteiger partial charge in [-0.1, -0.05) is 13.8 Å². The van der Waals surface area contributed by atoms with E-state index in [1.807, 2.05) is 19.9 Å². The van der Waals surface area contributed by atoms with Gasteiger partial charge in [0.15, 0.2) is 0 Å². The Hall–Kier alpha value is -2.11. The van der Waals surface area contributed by atoms with E-state index < -0.39 is 0 Å². The van der Waals surface area contributed by atoms with E-state index in [0.29, 0.717) is 18.2 Å². The molecule has 0 radical (unpaired) electrons. The van der Waals surface area contributed by atoms with Crippen molar-refractivity contribution in [2.24, 2.45) is 7.05 Å². The Morgan fingerprint density at radius 3 is 2.65 bits per heavy atom. The second-order valence-electron chi connectivity index (χ2n) is 5.33. The van der Waals surface area contributed by atoms with E-state index in [-0.39, 0.29) is 5.91 Å². The Bertz CT molecular complexity index is 604. The monoisotopic (exact) mass is 275 g/mol. The van der Waals surface area contributed by atoms with E-state index in [1.165, 1.54) is 0 Å². The average molecular weight is 275 g/mol. The molecule has 2 rings (SSSR count). The molecule has 2 heterocycles. The van der Waals surface area contributed by atoms with Crippen molar-refractivity contribution < 1.29 is 4.79 Å². The molecule has 0 fully saturated rings. The van der Waals surface area contributed by atoms with Crippen LogP contribution in [-0.4, -0.2) is 25.9 Å². The van der Waals surface area contributed by atoms with E-state index in [2.05, 4.69) is 34.5 Å². The molecule has 2 N–H and O–H groups in total. The number of aromatic nitrogens is 4. The van der Waals surface area contributed by atoms with Crippen molar-refractivity contribution in [3.8, 4) is 0 Å². The third-order valence-electron chi connectivity index (χ3n) is 3.43. The van der Waals surface area contributed by atoms with Gasteiger partial charge in [-0.2, -0.15) is 10.2 Å². The second-order valence-corrected chi connectivity index (χ2v) is 5.33. The number of rotatable bonds is 4. The lowest BCUT2D eigenvalue weighted by molar-refractivity contribution is 0.0941. The standard InChI is InChI=1S/C14H21N5O/c1-8(2)12-6-13(19(5)18-12)14(20)15-7-11-9(3)16-17-10(11)4/h6,8H,7H2,1-5H3,(H,15,20)(H,16,17). The van der Waals surface area contributed by atoms with E-state index in [0.717, 1.165) is 22.6 Å². The van der Waals surface area contributed by atoms with Crippen LogP contribution in [0.5, 0.6) is 0 Å². The molecule has 0 saturated carbocycles. The number of hydrogen-bond donors (Lipinski definition) is 2. The van der Waals surface area contributed by atoms with E-state index in [1.54, 1.807) is 11.7 Å². The van der Waals surface area contributed by atoms with Gasteiger partial charge in [0.1, 0.15) is 5.69 Å². The second kappa shape index (κ2) is 5.48. The van der Waals surface area contributed by atoms with Gasteiger partial charge in [-0.25, -0.2) is 0 Å². The number of aromatic amines is 1. The van der Waals surface area contributed by atoms with E-state index >= 15 is 0 Å². The highest BCUT2D eigenvalue weighted by atomic mass is 16.2. The Balaban J connectivity index is 2.09. The summed E-state index contributed by atoms with van der Waals surface area (Å²) in [7, 11) is 1.79.